The maximum absolute atomic E-state index is 13.5. The molecule has 0 aliphatic heterocycles. The molecule has 12 heteroatoms. The maximum atomic E-state index is 13.5. The molecule has 0 saturated carbocycles. The average Bonchev–Trinajstić information content (AvgIpc) is 2.63. The predicted molar refractivity (Wildman–Crippen MR) is 105 cm³/mol. The number of hydrogen-bond acceptors (Lipinski definition) is 2. The molecule has 2 aromatic carbocycles. The van der Waals surface area contributed by atoms with Gasteiger partial charge in [-0.15, -0.1) is 0 Å². The van der Waals surface area contributed by atoms with E-state index in [-0.39, 0.29) is 26.4 Å². The van der Waals surface area contributed by atoms with Gasteiger partial charge in [0.15, 0.2) is 5.75 Å². The van der Waals surface area contributed by atoms with Crippen LogP contribution in [0.25, 0.3) is 6.08 Å². The zero-order valence-electron chi connectivity index (χ0n) is 15.1. The number of carbonyl (C=O) groups is 1. The van der Waals surface area contributed by atoms with E-state index >= 15 is 0 Å². The normalized spacial score (nSPS) is 13.3. The SMILES string of the molecule is O=C(CC(F)(F)F)NOc1ccc(C=CC(c2cc(Cl)c(Cl)c(Cl)c2)C(F)(F)F)cc1. The Bertz CT molecular complexity index is 936. The fourth-order valence-corrected chi connectivity index (χ4v) is 2.97. The molecule has 31 heavy (non-hydrogen) atoms. The van der Waals surface area contributed by atoms with Crippen LogP contribution < -0.4 is 10.3 Å². The standard InChI is InChI=1S/C19H12Cl3F6NO2/c20-14-7-11(8-15(21)17(14)22)13(19(26,27)28)6-3-10-1-4-12(5-2-10)31-29-16(30)9-18(23,24)25/h1-8,13H,9H2,(H,29,30). The number of halogens is 9. The fraction of sp³-hybridized carbons (Fsp3) is 0.211. The molecule has 0 aliphatic rings. The van der Waals surface area contributed by atoms with E-state index in [1.54, 1.807) is 5.48 Å². The van der Waals surface area contributed by atoms with Crippen LogP contribution in [0, 0.1) is 0 Å². The molecule has 3 nitrogen and oxygen atoms in total. The van der Waals surface area contributed by atoms with Crippen LogP contribution in [0.2, 0.25) is 15.1 Å². The molecule has 1 atom stereocenters. The number of carbonyl (C=O) groups excluding carboxylic acids is 1. The second-order valence-corrected chi connectivity index (χ2v) is 7.36. The van der Waals surface area contributed by atoms with Gasteiger partial charge in [0, 0.05) is 0 Å². The van der Waals surface area contributed by atoms with Crippen LogP contribution in [0.15, 0.2) is 42.5 Å². The Kier molecular flexibility index (Phi) is 8.13. The first-order chi connectivity index (χ1) is 14.3. The van der Waals surface area contributed by atoms with Crippen LogP contribution in [0.5, 0.6) is 5.75 Å². The van der Waals surface area contributed by atoms with Crippen molar-refractivity contribution in [3.8, 4) is 5.75 Å². The highest BCUT2D eigenvalue weighted by atomic mass is 35.5. The Labute approximate surface area is 187 Å². The zero-order valence-corrected chi connectivity index (χ0v) is 17.4. The molecule has 0 aliphatic carbocycles. The van der Waals surface area contributed by atoms with Gasteiger partial charge in [-0.25, -0.2) is 0 Å². The molecule has 2 aromatic rings. The smallest absolute Gasteiger partial charge is 0.380 e. The summed E-state index contributed by atoms with van der Waals surface area (Å²) in [6.45, 7) is 0. The first kappa shape index (κ1) is 25.2. The van der Waals surface area contributed by atoms with Crippen LogP contribution in [-0.4, -0.2) is 18.3 Å². The molecule has 1 unspecified atom stereocenters. The Hall–Kier alpha value is -2.10. The minimum Gasteiger partial charge on any atom is -0.380 e. The molecule has 0 heterocycles. The van der Waals surface area contributed by atoms with Crippen LogP contribution in [0.1, 0.15) is 23.5 Å². The second kappa shape index (κ2) is 10.0. The van der Waals surface area contributed by atoms with E-state index in [4.69, 9.17) is 39.6 Å². The molecule has 0 fully saturated rings. The first-order valence-corrected chi connectivity index (χ1v) is 9.41. The molecule has 1 N–H and O–H groups in total. The van der Waals surface area contributed by atoms with Crippen LogP contribution >= 0.6 is 34.8 Å². The van der Waals surface area contributed by atoms with E-state index < -0.39 is 30.6 Å². The van der Waals surface area contributed by atoms with Gasteiger partial charge >= 0.3 is 12.4 Å². The lowest BCUT2D eigenvalue weighted by atomic mass is 9.97. The highest BCUT2D eigenvalue weighted by Crippen LogP contribution is 2.41. The zero-order chi connectivity index (χ0) is 23.4. The van der Waals surface area contributed by atoms with Crippen molar-refractivity contribution in [2.24, 2.45) is 0 Å². The quantitative estimate of drug-likeness (QED) is 0.252. The lowest BCUT2D eigenvalue weighted by molar-refractivity contribution is -0.158. The molecule has 168 valence electrons. The van der Waals surface area contributed by atoms with Gasteiger partial charge in [-0.1, -0.05) is 59.1 Å². The largest absolute Gasteiger partial charge is 0.399 e. The van der Waals surface area contributed by atoms with E-state index in [2.05, 4.69) is 0 Å². The summed E-state index contributed by atoms with van der Waals surface area (Å²) in [7, 11) is 0. The second-order valence-electron chi connectivity index (χ2n) is 6.17. The maximum Gasteiger partial charge on any atom is 0.399 e. The summed E-state index contributed by atoms with van der Waals surface area (Å²) in [5, 5.41) is -0.309. The number of benzene rings is 2. The van der Waals surface area contributed by atoms with Gasteiger partial charge < -0.3 is 4.84 Å². The number of hydroxylamine groups is 1. The van der Waals surface area contributed by atoms with Gasteiger partial charge in [0.05, 0.1) is 21.0 Å². The highest BCUT2D eigenvalue weighted by Gasteiger charge is 2.39. The molecule has 0 radical (unpaired) electrons. The van der Waals surface area contributed by atoms with Gasteiger partial charge in [0.2, 0.25) is 0 Å². The summed E-state index contributed by atoms with van der Waals surface area (Å²) in [4.78, 5) is 15.8. The number of allylic oxidation sites excluding steroid dienone is 1. The molecule has 0 bridgehead atoms. The lowest BCUT2D eigenvalue weighted by Crippen LogP contribution is -2.31. The Morgan fingerprint density at radius 2 is 1.55 bits per heavy atom. The van der Waals surface area contributed by atoms with Crippen LogP contribution in [0.4, 0.5) is 26.3 Å². The summed E-state index contributed by atoms with van der Waals surface area (Å²) in [6.07, 6.45) is -8.98. The van der Waals surface area contributed by atoms with E-state index in [9.17, 15) is 31.1 Å². The minimum atomic E-state index is -4.68. The fourth-order valence-electron chi connectivity index (χ4n) is 2.35. The highest BCUT2D eigenvalue weighted by molar-refractivity contribution is 6.48. The van der Waals surface area contributed by atoms with Gasteiger partial charge in [0.25, 0.3) is 5.91 Å². The Morgan fingerprint density at radius 3 is 2.03 bits per heavy atom. The van der Waals surface area contributed by atoms with Crippen molar-refractivity contribution >= 4 is 46.8 Å². The molecule has 0 spiro atoms. The lowest BCUT2D eigenvalue weighted by Gasteiger charge is -2.18. The minimum absolute atomic E-state index is 0.0173. The van der Waals surface area contributed by atoms with Gasteiger partial charge in [-0.3, -0.25) is 4.79 Å². The van der Waals surface area contributed by atoms with E-state index in [1.165, 1.54) is 30.3 Å². The molecule has 0 aromatic heterocycles. The van der Waals surface area contributed by atoms with Crippen molar-refractivity contribution in [1.29, 1.82) is 0 Å². The Morgan fingerprint density at radius 1 is 1.00 bits per heavy atom. The summed E-state index contributed by atoms with van der Waals surface area (Å²) in [5.41, 5.74) is 1.74. The number of amides is 1. The van der Waals surface area contributed by atoms with Crippen molar-refractivity contribution in [2.45, 2.75) is 24.7 Å². The number of rotatable bonds is 6. The third-order valence-electron chi connectivity index (χ3n) is 3.72. The van der Waals surface area contributed by atoms with Crippen molar-refractivity contribution in [1.82, 2.24) is 5.48 Å². The first-order valence-electron chi connectivity index (χ1n) is 8.28. The van der Waals surface area contributed by atoms with Gasteiger partial charge in [-0.2, -0.15) is 31.8 Å². The number of nitrogens with one attached hydrogen (secondary N) is 1. The topological polar surface area (TPSA) is 38.3 Å². The number of alkyl halides is 6. The average molecular weight is 507 g/mol. The summed E-state index contributed by atoms with van der Waals surface area (Å²) >= 11 is 17.4. The van der Waals surface area contributed by atoms with Gasteiger partial charge in [0.1, 0.15) is 6.42 Å². The molecule has 1 amide bonds. The third kappa shape index (κ3) is 7.83. The van der Waals surface area contributed by atoms with Crippen LogP contribution in [0.3, 0.4) is 0 Å². The Balaban J connectivity index is 2.12. The van der Waals surface area contributed by atoms with E-state index in [1.807, 2.05) is 0 Å². The number of hydrogen-bond donors (Lipinski definition) is 1. The molecule has 2 rings (SSSR count). The molecule has 0 saturated heterocycles. The molecular weight excluding hydrogens is 495 g/mol. The summed E-state index contributed by atoms with van der Waals surface area (Å²) < 4.78 is 76.8. The summed E-state index contributed by atoms with van der Waals surface area (Å²) in [6, 6.07) is 7.34. The van der Waals surface area contributed by atoms with Gasteiger partial charge in [-0.05, 0) is 35.4 Å². The van der Waals surface area contributed by atoms with Crippen molar-refractivity contribution in [2.75, 3.05) is 0 Å². The molecular formula is C19H12Cl3F6NO2. The van der Waals surface area contributed by atoms with E-state index in [0.717, 1.165) is 18.2 Å². The van der Waals surface area contributed by atoms with Crippen molar-refractivity contribution in [3.05, 3.63) is 68.7 Å². The monoisotopic (exact) mass is 505 g/mol. The third-order valence-corrected chi connectivity index (χ3v) is 4.92. The predicted octanol–water partition coefficient (Wildman–Crippen LogP) is 7.37. The van der Waals surface area contributed by atoms with Crippen LogP contribution in [-0.2, 0) is 4.79 Å². The van der Waals surface area contributed by atoms with Crippen molar-refractivity contribution < 1.29 is 36.0 Å². The van der Waals surface area contributed by atoms with Crippen molar-refractivity contribution in [3.63, 3.8) is 0 Å². The summed E-state index contributed by atoms with van der Waals surface area (Å²) in [5.74, 6) is -3.45. The van der Waals surface area contributed by atoms with E-state index in [0.29, 0.717) is 5.56 Å².